The minimum atomic E-state index is 0.0797. The van der Waals surface area contributed by atoms with Gasteiger partial charge in [0.05, 0.1) is 6.61 Å². The van der Waals surface area contributed by atoms with Gasteiger partial charge in [-0.25, -0.2) is 0 Å². The van der Waals surface area contributed by atoms with E-state index in [2.05, 4.69) is 0 Å². The molecule has 2 saturated carbocycles. The molecule has 0 radical (unpaired) electrons. The molecule has 16 heavy (non-hydrogen) atoms. The second-order valence-corrected chi connectivity index (χ2v) is 5.34. The van der Waals surface area contributed by atoms with Gasteiger partial charge in [-0.1, -0.05) is 6.42 Å². The Morgan fingerprint density at radius 3 is 2.69 bits per heavy atom. The smallest absolute Gasteiger partial charge is 0.222 e. The van der Waals surface area contributed by atoms with Crippen LogP contribution in [0.2, 0.25) is 0 Å². The molecule has 1 amide bonds. The van der Waals surface area contributed by atoms with Crippen molar-refractivity contribution in [1.29, 1.82) is 0 Å². The monoisotopic (exact) mass is 225 g/mol. The van der Waals surface area contributed by atoms with Crippen molar-refractivity contribution >= 4 is 5.91 Å². The van der Waals surface area contributed by atoms with Gasteiger partial charge in [-0.05, 0) is 43.9 Å². The summed E-state index contributed by atoms with van der Waals surface area (Å²) in [5.74, 6) is 2.62. The number of hydrogen-bond donors (Lipinski definition) is 1. The van der Waals surface area contributed by atoms with Crippen molar-refractivity contribution in [2.45, 2.75) is 39.0 Å². The van der Waals surface area contributed by atoms with Crippen LogP contribution < -0.4 is 0 Å². The van der Waals surface area contributed by atoms with Crippen molar-refractivity contribution in [2.75, 3.05) is 19.7 Å². The molecule has 2 bridgehead atoms. The zero-order valence-corrected chi connectivity index (χ0v) is 10.2. The normalized spacial score (nSPS) is 32.0. The predicted octanol–water partition coefficient (Wildman–Crippen LogP) is 1.65. The van der Waals surface area contributed by atoms with Gasteiger partial charge in [0, 0.05) is 19.5 Å². The van der Waals surface area contributed by atoms with Crippen molar-refractivity contribution in [3.63, 3.8) is 0 Å². The maximum Gasteiger partial charge on any atom is 0.222 e. The van der Waals surface area contributed by atoms with E-state index in [0.29, 0.717) is 12.5 Å². The second kappa shape index (κ2) is 5.17. The molecule has 0 aromatic carbocycles. The van der Waals surface area contributed by atoms with Gasteiger partial charge < -0.3 is 10.0 Å². The lowest BCUT2D eigenvalue weighted by atomic mass is 9.86. The first-order valence-corrected chi connectivity index (χ1v) is 6.63. The molecule has 0 aromatic rings. The third-order valence-electron chi connectivity index (χ3n) is 4.43. The van der Waals surface area contributed by atoms with Gasteiger partial charge >= 0.3 is 0 Å². The maximum absolute atomic E-state index is 12.0. The second-order valence-electron chi connectivity index (χ2n) is 5.34. The minimum absolute atomic E-state index is 0.0797. The van der Waals surface area contributed by atoms with E-state index in [1.54, 1.807) is 4.90 Å². The van der Waals surface area contributed by atoms with E-state index in [0.717, 1.165) is 24.8 Å². The largest absolute Gasteiger partial charge is 0.395 e. The van der Waals surface area contributed by atoms with Crippen LogP contribution in [0, 0.1) is 17.8 Å². The number of aliphatic hydroxyl groups excluding tert-OH is 1. The summed E-state index contributed by atoms with van der Waals surface area (Å²) in [6.45, 7) is 3.28. The van der Waals surface area contributed by atoms with E-state index in [-0.39, 0.29) is 12.5 Å². The number of hydrogen-bond acceptors (Lipinski definition) is 2. The van der Waals surface area contributed by atoms with Crippen LogP contribution in [0.3, 0.4) is 0 Å². The number of rotatable bonds is 5. The van der Waals surface area contributed by atoms with Gasteiger partial charge in [-0.15, -0.1) is 0 Å². The molecule has 3 heteroatoms. The molecule has 0 aromatic heterocycles. The van der Waals surface area contributed by atoms with E-state index in [1.807, 2.05) is 6.92 Å². The Morgan fingerprint density at radius 1 is 1.38 bits per heavy atom. The summed E-state index contributed by atoms with van der Waals surface area (Å²) in [6, 6.07) is 0. The predicted molar refractivity (Wildman–Crippen MR) is 62.9 cm³/mol. The van der Waals surface area contributed by atoms with E-state index in [1.165, 1.54) is 25.7 Å². The molecule has 92 valence electrons. The number of carbonyl (C=O) groups excluding carboxylic acids is 1. The zero-order chi connectivity index (χ0) is 11.5. The van der Waals surface area contributed by atoms with Gasteiger partial charge in [-0.2, -0.15) is 0 Å². The van der Waals surface area contributed by atoms with Crippen LogP contribution in [0.15, 0.2) is 0 Å². The molecule has 0 aliphatic heterocycles. The Bertz CT molecular complexity index is 254. The summed E-state index contributed by atoms with van der Waals surface area (Å²) < 4.78 is 0. The van der Waals surface area contributed by atoms with Crippen molar-refractivity contribution in [2.24, 2.45) is 17.8 Å². The summed E-state index contributed by atoms with van der Waals surface area (Å²) in [6.07, 6.45) is 6.09. The fourth-order valence-electron chi connectivity index (χ4n) is 3.56. The quantitative estimate of drug-likeness (QED) is 0.773. The summed E-state index contributed by atoms with van der Waals surface area (Å²) in [5, 5.41) is 8.89. The van der Waals surface area contributed by atoms with Crippen LogP contribution in [0.25, 0.3) is 0 Å². The SMILES string of the molecule is CCN(CCO)C(=O)C[C@H]1C[C@H]2CC[C@H]1C2. The Kier molecular flexibility index (Phi) is 3.85. The van der Waals surface area contributed by atoms with Crippen LogP contribution in [0.1, 0.15) is 39.0 Å². The van der Waals surface area contributed by atoms with Crippen LogP contribution in [0.5, 0.6) is 0 Å². The Morgan fingerprint density at radius 2 is 2.19 bits per heavy atom. The van der Waals surface area contributed by atoms with Crippen LogP contribution in [0.4, 0.5) is 0 Å². The molecule has 0 spiro atoms. The molecule has 2 aliphatic rings. The van der Waals surface area contributed by atoms with E-state index in [4.69, 9.17) is 5.11 Å². The fraction of sp³-hybridized carbons (Fsp3) is 0.923. The standard InChI is InChI=1S/C13H23NO2/c1-2-14(5-6-15)13(16)9-12-8-10-3-4-11(12)7-10/h10-12,15H,2-9H2,1H3/t10-,11-,12+/m0/s1. The topological polar surface area (TPSA) is 40.5 Å². The lowest BCUT2D eigenvalue weighted by Gasteiger charge is -2.25. The third kappa shape index (κ3) is 2.40. The lowest BCUT2D eigenvalue weighted by Crippen LogP contribution is -2.35. The molecule has 0 unspecified atom stereocenters. The highest BCUT2D eigenvalue weighted by atomic mass is 16.3. The highest BCUT2D eigenvalue weighted by Gasteiger charge is 2.40. The molecular weight excluding hydrogens is 202 g/mol. The average Bonchev–Trinajstić information content (AvgIpc) is 2.87. The van der Waals surface area contributed by atoms with Crippen molar-refractivity contribution < 1.29 is 9.90 Å². The number of amides is 1. The van der Waals surface area contributed by atoms with E-state index in [9.17, 15) is 4.79 Å². The van der Waals surface area contributed by atoms with Crippen molar-refractivity contribution in [3.05, 3.63) is 0 Å². The Labute approximate surface area is 97.8 Å². The summed E-state index contributed by atoms with van der Waals surface area (Å²) in [7, 11) is 0. The number of carbonyl (C=O) groups is 1. The molecule has 0 heterocycles. The molecule has 2 rings (SSSR count). The summed E-state index contributed by atoms with van der Waals surface area (Å²) in [5.41, 5.74) is 0. The first-order valence-electron chi connectivity index (χ1n) is 6.63. The maximum atomic E-state index is 12.0. The molecule has 1 N–H and O–H groups in total. The summed E-state index contributed by atoms with van der Waals surface area (Å²) in [4.78, 5) is 13.8. The van der Waals surface area contributed by atoms with E-state index >= 15 is 0 Å². The van der Waals surface area contributed by atoms with Crippen LogP contribution in [-0.2, 0) is 4.79 Å². The number of fused-ring (bicyclic) bond motifs is 2. The van der Waals surface area contributed by atoms with Gasteiger partial charge in [0.1, 0.15) is 0 Å². The van der Waals surface area contributed by atoms with Crippen LogP contribution in [-0.4, -0.2) is 35.6 Å². The van der Waals surface area contributed by atoms with E-state index < -0.39 is 0 Å². The first-order chi connectivity index (χ1) is 7.74. The number of nitrogens with zero attached hydrogens (tertiary/aromatic N) is 1. The molecule has 3 atom stereocenters. The zero-order valence-electron chi connectivity index (χ0n) is 10.2. The first kappa shape index (κ1) is 11.9. The Hall–Kier alpha value is -0.570. The minimum Gasteiger partial charge on any atom is -0.395 e. The third-order valence-corrected chi connectivity index (χ3v) is 4.43. The lowest BCUT2D eigenvalue weighted by molar-refractivity contribution is -0.132. The number of likely N-dealkylation sites (N-methyl/N-ethyl adjacent to an activating group) is 1. The number of aliphatic hydroxyl groups is 1. The fourth-order valence-corrected chi connectivity index (χ4v) is 3.56. The molecule has 2 fully saturated rings. The highest BCUT2D eigenvalue weighted by Crippen LogP contribution is 2.49. The van der Waals surface area contributed by atoms with Gasteiger partial charge in [0.25, 0.3) is 0 Å². The van der Waals surface area contributed by atoms with Gasteiger partial charge in [-0.3, -0.25) is 4.79 Å². The van der Waals surface area contributed by atoms with Gasteiger partial charge in [0.2, 0.25) is 5.91 Å². The Balaban J connectivity index is 1.82. The summed E-state index contributed by atoms with van der Waals surface area (Å²) >= 11 is 0. The molecule has 0 saturated heterocycles. The highest BCUT2D eigenvalue weighted by molar-refractivity contribution is 5.76. The van der Waals surface area contributed by atoms with Crippen molar-refractivity contribution in [3.8, 4) is 0 Å². The average molecular weight is 225 g/mol. The molecule has 2 aliphatic carbocycles. The molecular formula is C13H23NO2. The van der Waals surface area contributed by atoms with Crippen molar-refractivity contribution in [1.82, 2.24) is 4.90 Å². The van der Waals surface area contributed by atoms with Crippen LogP contribution >= 0.6 is 0 Å². The van der Waals surface area contributed by atoms with Gasteiger partial charge in [0.15, 0.2) is 0 Å². The molecule has 3 nitrogen and oxygen atoms in total.